The van der Waals surface area contributed by atoms with Crippen LogP contribution in [0.4, 0.5) is 0 Å². The molecule has 0 atom stereocenters. The highest BCUT2D eigenvalue weighted by atomic mass is 79.9. The fraction of sp³-hybridized carbons (Fsp3) is 0.143. The zero-order chi connectivity index (χ0) is 9.14. The van der Waals surface area contributed by atoms with Crippen molar-refractivity contribution in [3.8, 4) is 0 Å². The van der Waals surface area contributed by atoms with Gasteiger partial charge in [0.15, 0.2) is 0 Å². The van der Waals surface area contributed by atoms with Crippen molar-refractivity contribution >= 4 is 71.2 Å². The second kappa shape index (κ2) is 5.25. The number of rotatable bonds is 2. The molecule has 0 bridgehead atoms. The molecule has 0 N–H and O–H groups in total. The lowest BCUT2D eigenvalue weighted by Gasteiger charge is -2.05. The summed E-state index contributed by atoms with van der Waals surface area (Å²) >= 11 is 17.5. The second-order valence-corrected chi connectivity index (χ2v) is 6.15. The van der Waals surface area contributed by atoms with Crippen LogP contribution in [-0.4, -0.2) is 5.21 Å². The SMILES string of the molecule is ClCSc1c(Br)cc(Br)cc1Br. The van der Waals surface area contributed by atoms with Crippen molar-refractivity contribution < 1.29 is 0 Å². The van der Waals surface area contributed by atoms with E-state index in [0.29, 0.717) is 5.21 Å². The number of hydrogen-bond acceptors (Lipinski definition) is 1. The normalized spacial score (nSPS) is 10.3. The molecule has 0 radical (unpaired) electrons. The van der Waals surface area contributed by atoms with E-state index in [0.717, 1.165) is 18.3 Å². The predicted octanol–water partition coefficient (Wildman–Crippen LogP) is 5.26. The Morgan fingerprint density at radius 2 is 1.67 bits per heavy atom. The first-order chi connectivity index (χ1) is 5.65. The maximum atomic E-state index is 5.63. The minimum absolute atomic E-state index is 0.554. The van der Waals surface area contributed by atoms with Crippen LogP contribution in [0.3, 0.4) is 0 Å². The zero-order valence-corrected chi connectivity index (χ0v) is 12.1. The Bertz CT molecular complexity index is 267. The summed E-state index contributed by atoms with van der Waals surface area (Å²) in [4.78, 5) is 1.13. The van der Waals surface area contributed by atoms with E-state index in [1.54, 1.807) is 11.8 Å². The minimum atomic E-state index is 0.554. The number of halogens is 4. The van der Waals surface area contributed by atoms with E-state index in [-0.39, 0.29) is 0 Å². The van der Waals surface area contributed by atoms with E-state index in [9.17, 15) is 0 Å². The maximum absolute atomic E-state index is 5.63. The van der Waals surface area contributed by atoms with Gasteiger partial charge in [0.25, 0.3) is 0 Å². The second-order valence-electron chi connectivity index (χ2n) is 1.95. The molecule has 0 heterocycles. The van der Waals surface area contributed by atoms with Gasteiger partial charge in [-0.1, -0.05) is 15.9 Å². The van der Waals surface area contributed by atoms with E-state index in [2.05, 4.69) is 47.8 Å². The van der Waals surface area contributed by atoms with Gasteiger partial charge in [0.05, 0.1) is 5.21 Å². The van der Waals surface area contributed by atoms with Gasteiger partial charge in [-0.3, -0.25) is 0 Å². The largest absolute Gasteiger partial charge is 0.114 e. The highest BCUT2D eigenvalue weighted by Gasteiger charge is 2.06. The van der Waals surface area contributed by atoms with E-state index in [4.69, 9.17) is 11.6 Å². The average Bonchev–Trinajstić information content (AvgIpc) is 1.96. The number of thioether (sulfide) groups is 1. The highest BCUT2D eigenvalue weighted by molar-refractivity contribution is 9.11. The molecule has 0 amide bonds. The first-order valence-corrected chi connectivity index (χ1v) is 6.88. The smallest absolute Gasteiger partial charge is 0.0728 e. The molecule has 0 aliphatic carbocycles. The van der Waals surface area contributed by atoms with Gasteiger partial charge in [-0.2, -0.15) is 0 Å². The van der Waals surface area contributed by atoms with Crippen LogP contribution in [0.2, 0.25) is 0 Å². The molecule has 0 saturated carbocycles. The van der Waals surface area contributed by atoms with Gasteiger partial charge in [-0.05, 0) is 44.0 Å². The lowest BCUT2D eigenvalue weighted by molar-refractivity contribution is 1.34. The van der Waals surface area contributed by atoms with Crippen LogP contribution in [-0.2, 0) is 0 Å². The Morgan fingerprint density at radius 3 is 2.08 bits per heavy atom. The Kier molecular flexibility index (Phi) is 4.97. The van der Waals surface area contributed by atoms with Gasteiger partial charge >= 0.3 is 0 Å². The third kappa shape index (κ3) is 2.91. The van der Waals surface area contributed by atoms with Gasteiger partial charge in [0.1, 0.15) is 0 Å². The minimum Gasteiger partial charge on any atom is -0.114 e. The van der Waals surface area contributed by atoms with Gasteiger partial charge in [0.2, 0.25) is 0 Å². The molecule has 0 aliphatic rings. The molecule has 0 spiro atoms. The summed E-state index contributed by atoms with van der Waals surface area (Å²) in [5.74, 6) is 0. The van der Waals surface area contributed by atoms with Gasteiger partial charge in [0, 0.05) is 18.3 Å². The third-order valence-corrected chi connectivity index (χ3v) is 4.56. The molecule has 12 heavy (non-hydrogen) atoms. The van der Waals surface area contributed by atoms with Gasteiger partial charge in [-0.25, -0.2) is 0 Å². The molecule has 66 valence electrons. The summed E-state index contributed by atoms with van der Waals surface area (Å²) in [5.41, 5.74) is 0. The average molecular weight is 395 g/mol. The Hall–Kier alpha value is 1.30. The van der Waals surface area contributed by atoms with Crippen LogP contribution in [0.1, 0.15) is 0 Å². The Morgan fingerprint density at radius 1 is 1.17 bits per heavy atom. The van der Waals surface area contributed by atoms with Crippen LogP contribution in [0.25, 0.3) is 0 Å². The molecule has 0 aromatic heterocycles. The van der Waals surface area contributed by atoms with E-state index in [1.807, 2.05) is 12.1 Å². The monoisotopic (exact) mass is 392 g/mol. The summed E-state index contributed by atoms with van der Waals surface area (Å²) in [6, 6.07) is 4.00. The summed E-state index contributed by atoms with van der Waals surface area (Å²) in [5, 5.41) is 0.554. The molecular formula is C7H4Br3ClS. The maximum Gasteiger partial charge on any atom is 0.0728 e. The summed E-state index contributed by atoms with van der Waals surface area (Å²) in [6.07, 6.45) is 0. The van der Waals surface area contributed by atoms with Crippen LogP contribution >= 0.6 is 71.2 Å². The molecule has 1 rings (SSSR count). The molecule has 5 heteroatoms. The fourth-order valence-corrected chi connectivity index (χ4v) is 4.50. The van der Waals surface area contributed by atoms with E-state index >= 15 is 0 Å². The topological polar surface area (TPSA) is 0 Å². The van der Waals surface area contributed by atoms with Crippen molar-refractivity contribution in [2.24, 2.45) is 0 Å². The molecule has 0 saturated heterocycles. The lowest BCUT2D eigenvalue weighted by atomic mass is 10.4. The van der Waals surface area contributed by atoms with Crippen molar-refractivity contribution in [1.82, 2.24) is 0 Å². The molecule has 0 aliphatic heterocycles. The van der Waals surface area contributed by atoms with E-state index < -0.39 is 0 Å². The summed E-state index contributed by atoms with van der Waals surface area (Å²) in [7, 11) is 0. The van der Waals surface area contributed by atoms with Gasteiger partial charge in [-0.15, -0.1) is 23.4 Å². The molecule has 0 nitrogen and oxygen atoms in total. The number of hydrogen-bond donors (Lipinski definition) is 0. The Balaban J connectivity index is 3.10. The fourth-order valence-electron chi connectivity index (χ4n) is 0.721. The lowest BCUT2D eigenvalue weighted by Crippen LogP contribution is -1.78. The first-order valence-electron chi connectivity index (χ1n) is 2.98. The highest BCUT2D eigenvalue weighted by Crippen LogP contribution is 2.37. The molecule has 0 unspecified atom stereocenters. The number of alkyl halides is 1. The summed E-state index contributed by atoms with van der Waals surface area (Å²) < 4.78 is 3.14. The van der Waals surface area contributed by atoms with Crippen LogP contribution in [0.5, 0.6) is 0 Å². The van der Waals surface area contributed by atoms with Crippen LogP contribution in [0, 0.1) is 0 Å². The van der Waals surface area contributed by atoms with Crippen molar-refractivity contribution in [2.75, 3.05) is 5.21 Å². The molecule has 1 aromatic carbocycles. The molecular weight excluding hydrogens is 391 g/mol. The standard InChI is InChI=1S/C7H4Br3ClS/c8-4-1-5(9)7(12-3-11)6(10)2-4/h1-2H,3H2. The number of benzene rings is 1. The first kappa shape index (κ1) is 11.4. The van der Waals surface area contributed by atoms with Crippen molar-refractivity contribution in [3.05, 3.63) is 25.6 Å². The summed E-state index contributed by atoms with van der Waals surface area (Å²) in [6.45, 7) is 0. The molecule has 1 aromatic rings. The predicted molar refractivity (Wildman–Crippen MR) is 66.1 cm³/mol. The van der Waals surface area contributed by atoms with Crippen LogP contribution in [0.15, 0.2) is 30.4 Å². The van der Waals surface area contributed by atoms with Gasteiger partial charge < -0.3 is 0 Å². The van der Waals surface area contributed by atoms with Crippen molar-refractivity contribution in [2.45, 2.75) is 4.90 Å². The van der Waals surface area contributed by atoms with Crippen LogP contribution < -0.4 is 0 Å². The quantitative estimate of drug-likeness (QED) is 0.486. The Labute approximate surface area is 106 Å². The zero-order valence-electron chi connectivity index (χ0n) is 5.78. The third-order valence-electron chi connectivity index (χ3n) is 1.16. The molecule has 0 fully saturated rings. The van der Waals surface area contributed by atoms with Crippen molar-refractivity contribution in [3.63, 3.8) is 0 Å². The van der Waals surface area contributed by atoms with Crippen molar-refractivity contribution in [1.29, 1.82) is 0 Å². The van der Waals surface area contributed by atoms with E-state index in [1.165, 1.54) is 0 Å².